The molecule has 5 nitrogen and oxygen atoms in total. The van der Waals surface area contributed by atoms with Gasteiger partial charge in [0.1, 0.15) is 5.75 Å². The molecular weight excluding hydrogens is 306 g/mol. The van der Waals surface area contributed by atoms with E-state index in [9.17, 15) is 9.59 Å². The maximum absolute atomic E-state index is 12.2. The maximum Gasteiger partial charge on any atom is 0.309 e. The predicted molar refractivity (Wildman–Crippen MR) is 85.6 cm³/mol. The van der Waals surface area contributed by atoms with Crippen LogP contribution in [-0.2, 0) is 4.79 Å². The summed E-state index contributed by atoms with van der Waals surface area (Å²) in [6, 6.07) is 4.87. The van der Waals surface area contributed by atoms with Crippen LogP contribution in [0.5, 0.6) is 5.75 Å². The van der Waals surface area contributed by atoms with Crippen molar-refractivity contribution in [2.24, 2.45) is 5.41 Å². The number of carbonyl (C=O) groups is 2. The zero-order valence-electron chi connectivity index (χ0n) is 13.1. The van der Waals surface area contributed by atoms with Gasteiger partial charge in [0.05, 0.1) is 17.6 Å². The first kappa shape index (κ1) is 18.3. The Hall–Kier alpha value is -1.75. The molecule has 0 fully saturated rings. The van der Waals surface area contributed by atoms with Gasteiger partial charge in [-0.1, -0.05) is 18.5 Å². The zero-order chi connectivity index (χ0) is 16.8. The molecule has 0 unspecified atom stereocenters. The maximum atomic E-state index is 12.2. The Labute approximate surface area is 135 Å². The fourth-order valence-electron chi connectivity index (χ4n) is 1.71. The number of ether oxygens (including phenoxy) is 1. The lowest BCUT2D eigenvalue weighted by atomic mass is 9.90. The van der Waals surface area contributed by atoms with Crippen LogP contribution in [0.2, 0.25) is 5.02 Å². The second-order valence-corrected chi connectivity index (χ2v) is 6.12. The molecular formula is C16H22ClNO4. The van der Waals surface area contributed by atoms with Crippen LogP contribution in [0.1, 0.15) is 44.0 Å². The van der Waals surface area contributed by atoms with E-state index < -0.39 is 11.4 Å². The molecule has 1 aromatic rings. The van der Waals surface area contributed by atoms with Crippen LogP contribution >= 0.6 is 11.6 Å². The Balaban J connectivity index is 2.72. The number of hydrogen-bond acceptors (Lipinski definition) is 3. The van der Waals surface area contributed by atoms with E-state index in [1.165, 1.54) is 0 Å². The molecule has 0 atom stereocenters. The molecule has 22 heavy (non-hydrogen) atoms. The Kier molecular flexibility index (Phi) is 6.68. The number of carbonyl (C=O) groups excluding carboxylic acids is 1. The van der Waals surface area contributed by atoms with Gasteiger partial charge in [-0.2, -0.15) is 0 Å². The number of halogens is 1. The molecule has 1 rings (SSSR count). The van der Waals surface area contributed by atoms with Gasteiger partial charge in [-0.25, -0.2) is 0 Å². The van der Waals surface area contributed by atoms with Gasteiger partial charge >= 0.3 is 5.97 Å². The van der Waals surface area contributed by atoms with Gasteiger partial charge < -0.3 is 15.2 Å². The van der Waals surface area contributed by atoms with E-state index in [-0.39, 0.29) is 12.5 Å². The lowest BCUT2D eigenvalue weighted by Gasteiger charge is -2.19. The fourth-order valence-corrected chi connectivity index (χ4v) is 1.88. The third-order valence-corrected chi connectivity index (χ3v) is 3.50. The van der Waals surface area contributed by atoms with Gasteiger partial charge in [0.2, 0.25) is 0 Å². The van der Waals surface area contributed by atoms with Crippen molar-refractivity contribution in [2.75, 3.05) is 13.2 Å². The standard InChI is InChI=1S/C16H22ClNO4/c1-4-9-22-13-6-5-11(17)10-12(13)14(19)18-8-7-16(2,3)15(20)21/h5-6,10H,4,7-9H2,1-3H3,(H,18,19)(H,20,21). The van der Waals surface area contributed by atoms with Crippen LogP contribution in [0.25, 0.3) is 0 Å². The molecule has 122 valence electrons. The van der Waals surface area contributed by atoms with Crippen molar-refractivity contribution < 1.29 is 19.4 Å². The summed E-state index contributed by atoms with van der Waals surface area (Å²) < 4.78 is 5.53. The smallest absolute Gasteiger partial charge is 0.309 e. The molecule has 2 N–H and O–H groups in total. The van der Waals surface area contributed by atoms with Gasteiger partial charge in [0.15, 0.2) is 0 Å². The van der Waals surface area contributed by atoms with Crippen molar-refractivity contribution in [1.82, 2.24) is 5.32 Å². The minimum atomic E-state index is -0.892. The van der Waals surface area contributed by atoms with Crippen LogP contribution < -0.4 is 10.1 Å². The van der Waals surface area contributed by atoms with Crippen molar-refractivity contribution in [3.05, 3.63) is 28.8 Å². The van der Waals surface area contributed by atoms with Gasteiger partial charge in [-0.3, -0.25) is 9.59 Å². The van der Waals surface area contributed by atoms with E-state index in [2.05, 4.69) is 5.32 Å². The molecule has 0 aliphatic carbocycles. The van der Waals surface area contributed by atoms with Crippen LogP contribution in [0.4, 0.5) is 0 Å². The summed E-state index contributed by atoms with van der Waals surface area (Å²) in [4.78, 5) is 23.3. The monoisotopic (exact) mass is 327 g/mol. The molecule has 0 bridgehead atoms. The zero-order valence-corrected chi connectivity index (χ0v) is 13.9. The van der Waals surface area contributed by atoms with E-state index in [4.69, 9.17) is 21.4 Å². The summed E-state index contributed by atoms with van der Waals surface area (Å²) in [6.07, 6.45) is 1.16. The Morgan fingerprint density at radius 3 is 2.64 bits per heavy atom. The Morgan fingerprint density at radius 1 is 1.36 bits per heavy atom. The number of aliphatic carboxylic acids is 1. The van der Waals surface area contributed by atoms with E-state index in [1.807, 2.05) is 6.92 Å². The molecule has 0 saturated carbocycles. The Bertz CT molecular complexity index is 543. The molecule has 0 heterocycles. The van der Waals surface area contributed by atoms with E-state index in [0.29, 0.717) is 29.4 Å². The van der Waals surface area contributed by atoms with Crippen LogP contribution in [-0.4, -0.2) is 30.1 Å². The second kappa shape index (κ2) is 8.03. The average Bonchev–Trinajstić information content (AvgIpc) is 2.45. The van der Waals surface area contributed by atoms with Crippen molar-refractivity contribution >= 4 is 23.5 Å². The van der Waals surface area contributed by atoms with Crippen molar-refractivity contribution in [2.45, 2.75) is 33.6 Å². The lowest BCUT2D eigenvalue weighted by molar-refractivity contribution is -0.147. The third kappa shape index (κ3) is 5.22. The normalized spacial score (nSPS) is 11.1. The summed E-state index contributed by atoms with van der Waals surface area (Å²) in [5, 5.41) is 12.2. The molecule has 0 saturated heterocycles. The number of carboxylic acid groups (broad SMARTS) is 1. The summed E-state index contributed by atoms with van der Waals surface area (Å²) in [5.74, 6) is -0.743. The number of carboxylic acids is 1. The first-order valence-corrected chi connectivity index (χ1v) is 7.59. The first-order chi connectivity index (χ1) is 10.3. The molecule has 1 amide bonds. The average molecular weight is 328 g/mol. The molecule has 0 aliphatic rings. The van der Waals surface area contributed by atoms with Gasteiger partial charge in [0, 0.05) is 11.6 Å². The third-order valence-electron chi connectivity index (χ3n) is 3.26. The van der Waals surface area contributed by atoms with Gasteiger partial charge in [0.25, 0.3) is 5.91 Å². The molecule has 0 aromatic heterocycles. The number of rotatable bonds is 8. The molecule has 0 spiro atoms. The predicted octanol–water partition coefficient (Wildman–Crippen LogP) is 3.36. The number of nitrogens with one attached hydrogen (secondary N) is 1. The quantitative estimate of drug-likeness (QED) is 0.767. The van der Waals surface area contributed by atoms with Crippen molar-refractivity contribution in [3.8, 4) is 5.75 Å². The highest BCUT2D eigenvalue weighted by atomic mass is 35.5. The summed E-state index contributed by atoms with van der Waals surface area (Å²) in [5.41, 5.74) is -0.530. The highest BCUT2D eigenvalue weighted by molar-refractivity contribution is 6.31. The molecule has 6 heteroatoms. The number of benzene rings is 1. The molecule has 0 aliphatic heterocycles. The van der Waals surface area contributed by atoms with Crippen LogP contribution in [0.3, 0.4) is 0 Å². The van der Waals surface area contributed by atoms with Crippen molar-refractivity contribution in [3.63, 3.8) is 0 Å². The summed E-state index contributed by atoms with van der Waals surface area (Å²) in [7, 11) is 0. The number of amides is 1. The fraction of sp³-hybridized carbons (Fsp3) is 0.500. The van der Waals surface area contributed by atoms with Crippen molar-refractivity contribution in [1.29, 1.82) is 0 Å². The largest absolute Gasteiger partial charge is 0.493 e. The molecule has 1 aromatic carbocycles. The highest BCUT2D eigenvalue weighted by Crippen LogP contribution is 2.24. The summed E-state index contributed by atoms with van der Waals surface area (Å²) >= 11 is 5.93. The minimum absolute atomic E-state index is 0.262. The van der Waals surface area contributed by atoms with Crippen LogP contribution in [0.15, 0.2) is 18.2 Å². The Morgan fingerprint density at radius 2 is 2.05 bits per heavy atom. The van der Waals surface area contributed by atoms with Gasteiger partial charge in [-0.15, -0.1) is 0 Å². The van der Waals surface area contributed by atoms with Gasteiger partial charge in [-0.05, 0) is 44.9 Å². The van der Waals surface area contributed by atoms with E-state index in [1.54, 1.807) is 32.0 Å². The highest BCUT2D eigenvalue weighted by Gasteiger charge is 2.26. The number of hydrogen-bond donors (Lipinski definition) is 2. The lowest BCUT2D eigenvalue weighted by Crippen LogP contribution is -2.32. The van der Waals surface area contributed by atoms with Crippen LogP contribution in [0, 0.1) is 5.41 Å². The summed E-state index contributed by atoms with van der Waals surface area (Å²) in [6.45, 7) is 5.99. The first-order valence-electron chi connectivity index (χ1n) is 7.22. The van der Waals surface area contributed by atoms with E-state index in [0.717, 1.165) is 6.42 Å². The minimum Gasteiger partial charge on any atom is -0.493 e. The topological polar surface area (TPSA) is 75.6 Å². The molecule has 0 radical (unpaired) electrons. The second-order valence-electron chi connectivity index (χ2n) is 5.68. The van der Waals surface area contributed by atoms with E-state index >= 15 is 0 Å². The SMILES string of the molecule is CCCOc1ccc(Cl)cc1C(=O)NCCC(C)(C)C(=O)O.